The molecule has 6 nitrogen and oxygen atoms in total. The quantitative estimate of drug-likeness (QED) is 0.317. The molecule has 0 unspecified atom stereocenters. The van der Waals surface area contributed by atoms with Crippen molar-refractivity contribution in [3.63, 3.8) is 0 Å². The van der Waals surface area contributed by atoms with Gasteiger partial charge in [0.15, 0.2) is 0 Å². The maximum atomic E-state index is 12.0. The van der Waals surface area contributed by atoms with E-state index in [1.165, 1.54) is 0 Å². The van der Waals surface area contributed by atoms with E-state index in [-0.39, 0.29) is 18.5 Å². The van der Waals surface area contributed by atoms with E-state index in [1.54, 1.807) is 25.1 Å². The number of benzene rings is 1. The molecule has 0 aliphatic carbocycles. The van der Waals surface area contributed by atoms with Crippen molar-refractivity contribution in [1.29, 1.82) is 0 Å². The van der Waals surface area contributed by atoms with Crippen LogP contribution in [0, 0.1) is 0 Å². The first kappa shape index (κ1) is 17.8. The van der Waals surface area contributed by atoms with Gasteiger partial charge in [0.2, 0.25) is 0 Å². The van der Waals surface area contributed by atoms with E-state index >= 15 is 0 Å². The van der Waals surface area contributed by atoms with Gasteiger partial charge in [-0.05, 0) is 38.0 Å². The van der Waals surface area contributed by atoms with Crippen molar-refractivity contribution >= 4 is 40.7 Å². The topological polar surface area (TPSA) is 73.6 Å². The number of hydrogen-bond donors (Lipinski definition) is 3. The van der Waals surface area contributed by atoms with E-state index < -0.39 is 5.97 Å². The van der Waals surface area contributed by atoms with E-state index in [0.717, 1.165) is 19.4 Å². The number of hydrazine groups is 1. The Bertz CT molecular complexity index is 575. The summed E-state index contributed by atoms with van der Waals surface area (Å²) in [5.41, 5.74) is 6.21. The Labute approximate surface area is 145 Å². The maximum absolute atomic E-state index is 12.0. The molecular formula is C15H20Cl2N3O3+. The molecule has 0 aromatic heterocycles. The third-order valence-electron chi connectivity index (χ3n) is 3.26. The van der Waals surface area contributed by atoms with E-state index in [4.69, 9.17) is 32.7 Å². The first-order chi connectivity index (χ1) is 11.1. The van der Waals surface area contributed by atoms with Gasteiger partial charge < -0.3 is 9.47 Å². The first-order valence-corrected chi connectivity index (χ1v) is 8.22. The summed E-state index contributed by atoms with van der Waals surface area (Å²) >= 11 is 12.0. The van der Waals surface area contributed by atoms with Crippen molar-refractivity contribution in [2.75, 3.05) is 25.2 Å². The zero-order chi connectivity index (χ0) is 16.7. The van der Waals surface area contributed by atoms with Crippen molar-refractivity contribution < 1.29 is 19.3 Å². The molecule has 1 aliphatic heterocycles. The van der Waals surface area contributed by atoms with Gasteiger partial charge in [0, 0.05) is 11.6 Å². The molecule has 1 aromatic carbocycles. The Balaban J connectivity index is 2.02. The average Bonchev–Trinajstić information content (AvgIpc) is 3.04. The highest BCUT2D eigenvalue weighted by atomic mass is 35.5. The highest BCUT2D eigenvalue weighted by Gasteiger charge is 2.23. The van der Waals surface area contributed by atoms with Crippen LogP contribution < -0.4 is 15.8 Å². The summed E-state index contributed by atoms with van der Waals surface area (Å²) in [4.78, 5) is 15.0. The van der Waals surface area contributed by atoms with Crippen LogP contribution in [-0.4, -0.2) is 37.7 Å². The summed E-state index contributed by atoms with van der Waals surface area (Å²) in [7, 11) is 0. The fourth-order valence-corrected chi connectivity index (χ4v) is 2.45. The predicted octanol–water partition coefficient (Wildman–Crippen LogP) is 1.13. The molecule has 126 valence electrons. The van der Waals surface area contributed by atoms with Crippen molar-refractivity contribution in [3.8, 4) is 0 Å². The number of halogens is 2. The van der Waals surface area contributed by atoms with Crippen molar-refractivity contribution in [1.82, 2.24) is 5.43 Å². The lowest BCUT2D eigenvalue weighted by atomic mass is 10.2. The average molecular weight is 361 g/mol. The molecule has 1 fully saturated rings. The molecule has 3 N–H and O–H groups in total. The van der Waals surface area contributed by atoms with E-state index in [1.807, 2.05) is 0 Å². The lowest BCUT2D eigenvalue weighted by Gasteiger charge is -2.09. The fourth-order valence-electron chi connectivity index (χ4n) is 2.12. The number of amidine groups is 1. The summed E-state index contributed by atoms with van der Waals surface area (Å²) in [6.07, 6.45) is 2.10. The molecule has 1 atom stereocenters. The monoisotopic (exact) mass is 360 g/mol. The molecule has 2 rings (SSSR count). The van der Waals surface area contributed by atoms with Crippen LogP contribution in [-0.2, 0) is 14.3 Å². The minimum absolute atomic E-state index is 0.0935. The molecule has 0 spiro atoms. The third kappa shape index (κ3) is 5.57. The van der Waals surface area contributed by atoms with Crippen LogP contribution in [0.2, 0.25) is 10.0 Å². The van der Waals surface area contributed by atoms with Gasteiger partial charge >= 0.3 is 11.8 Å². The number of esters is 1. The number of nitrogens with one attached hydrogen (secondary N) is 3. The van der Waals surface area contributed by atoms with Gasteiger partial charge in [0.05, 0.1) is 23.4 Å². The molecular weight excluding hydrogens is 341 g/mol. The normalized spacial score (nSPS) is 17.9. The van der Waals surface area contributed by atoms with Crippen LogP contribution in [0.5, 0.6) is 0 Å². The molecule has 1 saturated heterocycles. The van der Waals surface area contributed by atoms with Crippen LogP contribution in [0.15, 0.2) is 18.2 Å². The van der Waals surface area contributed by atoms with E-state index in [9.17, 15) is 4.79 Å². The number of anilines is 1. The predicted molar refractivity (Wildman–Crippen MR) is 89.7 cm³/mol. The number of ether oxygens (including phenoxy) is 2. The van der Waals surface area contributed by atoms with Crippen LogP contribution >= 0.6 is 23.2 Å². The Morgan fingerprint density at radius 1 is 1.48 bits per heavy atom. The molecule has 1 aromatic rings. The minimum atomic E-state index is -0.490. The van der Waals surface area contributed by atoms with Gasteiger partial charge in [-0.3, -0.25) is 4.99 Å². The Hall–Kier alpha value is -1.50. The van der Waals surface area contributed by atoms with Gasteiger partial charge in [-0.15, -0.1) is 0 Å². The SMILES string of the molecule is CCOC(=O)C(NNc1cc(Cl)ccc1Cl)=[NH+]C[C@@H]1CCCO1. The number of carbonyl (C=O) groups is 1. The fraction of sp³-hybridized carbons (Fsp3) is 0.467. The summed E-state index contributed by atoms with van der Waals surface area (Å²) in [5, 5.41) is 1.01. The summed E-state index contributed by atoms with van der Waals surface area (Å²) in [6, 6.07) is 5.00. The Kier molecular flexibility index (Phi) is 6.95. The van der Waals surface area contributed by atoms with Crippen molar-refractivity contribution in [2.45, 2.75) is 25.9 Å². The van der Waals surface area contributed by atoms with Crippen molar-refractivity contribution in [2.24, 2.45) is 0 Å². The van der Waals surface area contributed by atoms with Crippen LogP contribution in [0.3, 0.4) is 0 Å². The largest absolute Gasteiger partial charge is 0.457 e. The summed E-state index contributed by atoms with van der Waals surface area (Å²) < 4.78 is 10.5. The molecule has 0 amide bonds. The molecule has 0 bridgehead atoms. The summed E-state index contributed by atoms with van der Waals surface area (Å²) in [6.45, 7) is 3.30. The molecule has 0 saturated carbocycles. The molecule has 1 heterocycles. The van der Waals surface area contributed by atoms with Crippen LogP contribution in [0.4, 0.5) is 5.69 Å². The second kappa shape index (κ2) is 8.96. The lowest BCUT2D eigenvalue weighted by molar-refractivity contribution is -0.470. The lowest BCUT2D eigenvalue weighted by Crippen LogP contribution is -2.80. The first-order valence-electron chi connectivity index (χ1n) is 7.46. The van der Waals surface area contributed by atoms with Gasteiger partial charge in [0.25, 0.3) is 0 Å². The standard InChI is InChI=1S/C15H19Cl2N3O3/c1-2-22-15(21)14(18-9-11-4-3-7-23-11)20-19-13-8-10(16)5-6-12(13)17/h5-6,8,11,19H,2-4,7,9H2,1H3,(H,18,20)/p+1/t11-/m0/s1. The third-order valence-corrected chi connectivity index (χ3v) is 3.83. The number of carbonyl (C=O) groups excluding carboxylic acids is 1. The van der Waals surface area contributed by atoms with Crippen LogP contribution in [0.1, 0.15) is 19.8 Å². The molecule has 0 radical (unpaired) electrons. The Morgan fingerprint density at radius 2 is 2.30 bits per heavy atom. The minimum Gasteiger partial charge on any atom is -0.457 e. The van der Waals surface area contributed by atoms with Gasteiger partial charge in [-0.2, -0.15) is 5.43 Å². The van der Waals surface area contributed by atoms with Crippen LogP contribution in [0.25, 0.3) is 0 Å². The zero-order valence-corrected chi connectivity index (χ0v) is 14.3. The highest BCUT2D eigenvalue weighted by Crippen LogP contribution is 2.24. The van der Waals surface area contributed by atoms with Gasteiger partial charge in [0.1, 0.15) is 6.54 Å². The highest BCUT2D eigenvalue weighted by molar-refractivity contribution is 6.35. The number of rotatable bonds is 5. The van der Waals surface area contributed by atoms with E-state index in [2.05, 4.69) is 15.8 Å². The molecule has 23 heavy (non-hydrogen) atoms. The van der Waals surface area contributed by atoms with Gasteiger partial charge in [-0.1, -0.05) is 23.2 Å². The second-order valence-corrected chi connectivity index (χ2v) is 5.83. The van der Waals surface area contributed by atoms with Gasteiger partial charge in [-0.25, -0.2) is 10.2 Å². The maximum Gasteiger partial charge on any atom is 0.423 e. The zero-order valence-electron chi connectivity index (χ0n) is 12.8. The molecule has 1 aliphatic rings. The van der Waals surface area contributed by atoms with Crippen molar-refractivity contribution in [3.05, 3.63) is 28.2 Å². The second-order valence-electron chi connectivity index (χ2n) is 4.99. The Morgan fingerprint density at radius 3 is 3.00 bits per heavy atom. The smallest absolute Gasteiger partial charge is 0.423 e. The van der Waals surface area contributed by atoms with E-state index in [0.29, 0.717) is 22.3 Å². The summed E-state index contributed by atoms with van der Waals surface area (Å²) in [5.74, 6) is -0.297. The molecule has 8 heteroatoms. The number of hydrogen-bond acceptors (Lipinski definition) is 4.